The highest BCUT2D eigenvalue weighted by atomic mass is 16.5. The third kappa shape index (κ3) is 4.22. The van der Waals surface area contributed by atoms with Gasteiger partial charge in [-0.3, -0.25) is 19.1 Å². The van der Waals surface area contributed by atoms with Crippen molar-refractivity contribution in [3.8, 4) is 11.5 Å². The Balaban J connectivity index is 1.72. The third-order valence-corrected chi connectivity index (χ3v) is 5.43. The number of aromatic nitrogens is 4. The predicted molar refractivity (Wildman–Crippen MR) is 129 cm³/mol. The number of nitrogens with one attached hydrogen (secondary N) is 2. The van der Waals surface area contributed by atoms with Gasteiger partial charge >= 0.3 is 5.69 Å². The lowest BCUT2D eigenvalue weighted by Crippen LogP contribution is -2.37. The van der Waals surface area contributed by atoms with E-state index in [9.17, 15) is 14.4 Å². The normalized spacial score (nSPS) is 10.9. The maximum absolute atomic E-state index is 12.7. The summed E-state index contributed by atoms with van der Waals surface area (Å²) in [5, 5.41) is 0.331. The first-order valence-electron chi connectivity index (χ1n) is 10.3. The van der Waals surface area contributed by atoms with Gasteiger partial charge in [0, 0.05) is 13.1 Å². The molecule has 4 aromatic rings. The van der Waals surface area contributed by atoms with Gasteiger partial charge in [0.25, 0.3) is 11.1 Å². The van der Waals surface area contributed by atoms with Crippen LogP contribution >= 0.6 is 0 Å². The van der Waals surface area contributed by atoms with Gasteiger partial charge in [-0.05, 0) is 11.6 Å². The number of nitrogens with zero attached hydrogens (tertiary/aromatic N) is 3. The Morgan fingerprint density at radius 1 is 1.00 bits per heavy atom. The van der Waals surface area contributed by atoms with Crippen molar-refractivity contribution < 1.29 is 9.47 Å². The second-order valence-electron chi connectivity index (χ2n) is 7.66. The molecule has 4 rings (SSSR count). The molecule has 2 aromatic heterocycles. The number of fused-ring (bicyclic) bond motifs is 1. The molecule has 0 bridgehead atoms. The van der Waals surface area contributed by atoms with Gasteiger partial charge in [-0.2, -0.15) is 0 Å². The number of methoxy groups -OCH3 is 2. The molecule has 4 N–H and O–H groups in total. The highest BCUT2D eigenvalue weighted by Gasteiger charge is 2.18. The number of anilines is 2. The van der Waals surface area contributed by atoms with E-state index in [1.807, 2.05) is 30.3 Å². The minimum atomic E-state index is -0.635. The van der Waals surface area contributed by atoms with Gasteiger partial charge in [0.05, 0.1) is 38.2 Å². The molecule has 176 valence electrons. The van der Waals surface area contributed by atoms with Crippen molar-refractivity contribution in [1.29, 1.82) is 0 Å². The van der Waals surface area contributed by atoms with Crippen LogP contribution in [0.1, 0.15) is 11.4 Å². The number of H-pyrrole nitrogens is 2. The van der Waals surface area contributed by atoms with Crippen molar-refractivity contribution in [2.24, 2.45) is 0 Å². The molecule has 11 heteroatoms. The maximum atomic E-state index is 12.7. The third-order valence-electron chi connectivity index (χ3n) is 5.43. The largest absolute Gasteiger partial charge is 0.493 e. The molecular formula is C23H24N6O5. The number of nitrogen functional groups attached to an aromatic ring is 1. The summed E-state index contributed by atoms with van der Waals surface area (Å²) in [6.45, 7) is 0.242. The molecule has 0 saturated heterocycles. The van der Waals surface area contributed by atoms with E-state index in [2.05, 4.69) is 15.0 Å². The van der Waals surface area contributed by atoms with Crippen molar-refractivity contribution in [3.05, 3.63) is 85.0 Å². The topological polar surface area (TPSA) is 148 Å². The molecule has 0 radical (unpaired) electrons. The fourth-order valence-corrected chi connectivity index (χ4v) is 3.76. The number of hydrogen-bond donors (Lipinski definition) is 3. The van der Waals surface area contributed by atoms with Crippen LogP contribution in [0.4, 0.5) is 11.5 Å². The molecule has 0 spiro atoms. The number of rotatable bonds is 7. The van der Waals surface area contributed by atoms with Crippen molar-refractivity contribution in [3.63, 3.8) is 0 Å². The fourth-order valence-electron chi connectivity index (χ4n) is 3.76. The van der Waals surface area contributed by atoms with Crippen molar-refractivity contribution >= 4 is 22.4 Å². The predicted octanol–water partition coefficient (Wildman–Crippen LogP) is 1.06. The summed E-state index contributed by atoms with van der Waals surface area (Å²) in [7, 11) is 4.59. The first kappa shape index (κ1) is 22.6. The van der Waals surface area contributed by atoms with Gasteiger partial charge in [0.15, 0.2) is 11.5 Å². The molecule has 0 fully saturated rings. The highest BCUT2D eigenvalue weighted by Crippen LogP contribution is 2.30. The number of ether oxygens (including phenoxy) is 2. The van der Waals surface area contributed by atoms with Crippen LogP contribution in [-0.2, 0) is 13.1 Å². The van der Waals surface area contributed by atoms with E-state index in [-0.39, 0.29) is 30.2 Å². The average Bonchev–Trinajstić information content (AvgIpc) is 2.81. The minimum absolute atomic E-state index is 0.00893. The lowest BCUT2D eigenvalue weighted by Gasteiger charge is -2.21. The summed E-state index contributed by atoms with van der Waals surface area (Å²) < 4.78 is 11.8. The van der Waals surface area contributed by atoms with E-state index in [0.29, 0.717) is 28.2 Å². The number of hydrogen-bond acceptors (Lipinski definition) is 8. The summed E-state index contributed by atoms with van der Waals surface area (Å²) in [6.07, 6.45) is 0. The van der Waals surface area contributed by atoms with E-state index in [0.717, 1.165) is 5.56 Å². The molecule has 2 heterocycles. The molecule has 0 aliphatic carbocycles. The lowest BCUT2D eigenvalue weighted by molar-refractivity contribution is 0.355. The molecule has 2 aromatic carbocycles. The first-order valence-corrected chi connectivity index (χ1v) is 10.3. The van der Waals surface area contributed by atoms with Gasteiger partial charge in [-0.15, -0.1) is 0 Å². The van der Waals surface area contributed by atoms with Crippen LogP contribution in [0.15, 0.2) is 56.8 Å². The smallest absolute Gasteiger partial charge is 0.330 e. The van der Waals surface area contributed by atoms with Crippen molar-refractivity contribution in [2.45, 2.75) is 13.1 Å². The maximum Gasteiger partial charge on any atom is 0.330 e. The molecule has 0 aliphatic heterocycles. The molecular weight excluding hydrogens is 440 g/mol. The molecule has 0 aliphatic rings. The van der Waals surface area contributed by atoms with Gasteiger partial charge < -0.3 is 25.1 Å². The molecule has 0 unspecified atom stereocenters. The molecule has 34 heavy (non-hydrogen) atoms. The zero-order valence-electron chi connectivity index (χ0n) is 18.9. The summed E-state index contributed by atoms with van der Waals surface area (Å²) in [5.41, 5.74) is 5.98. The first-order chi connectivity index (χ1) is 16.3. The van der Waals surface area contributed by atoms with E-state index < -0.39 is 11.2 Å². The number of aromatic amines is 2. The van der Waals surface area contributed by atoms with Gasteiger partial charge in [-0.1, -0.05) is 30.3 Å². The Kier molecular flexibility index (Phi) is 6.09. The van der Waals surface area contributed by atoms with Gasteiger partial charge in [-0.25, -0.2) is 9.78 Å². The van der Waals surface area contributed by atoms with Crippen LogP contribution in [0.5, 0.6) is 11.5 Å². The molecule has 0 amide bonds. The van der Waals surface area contributed by atoms with Crippen LogP contribution in [0.3, 0.4) is 0 Å². The van der Waals surface area contributed by atoms with E-state index >= 15 is 0 Å². The standard InChI is InChI=1S/C23H24N6O5/c1-28(12-18-25-15-10-17(34-3)16(33-2)9-14(15)21(30)26-18)19-20(24)29(23(32)27-22(19)31)11-13-7-5-4-6-8-13/h4-10H,11-12,24H2,1-3H3,(H,25,26,30)(H,27,31,32). The Hall–Kier alpha value is -4.54. The summed E-state index contributed by atoms with van der Waals surface area (Å²) in [5.74, 6) is 1.15. The summed E-state index contributed by atoms with van der Waals surface area (Å²) in [6, 6.07) is 12.4. The van der Waals surface area contributed by atoms with Crippen LogP contribution < -0.4 is 36.9 Å². The minimum Gasteiger partial charge on any atom is -0.493 e. The van der Waals surface area contributed by atoms with Crippen LogP contribution in [0.2, 0.25) is 0 Å². The SMILES string of the molecule is COc1cc2nc(CN(C)c3c(N)n(Cc4ccccc4)c(=O)[nH]c3=O)[nH]c(=O)c2cc1OC. The van der Waals surface area contributed by atoms with Gasteiger partial charge in [0.1, 0.15) is 17.3 Å². The Labute approximate surface area is 193 Å². The summed E-state index contributed by atoms with van der Waals surface area (Å²) >= 11 is 0. The van der Waals surface area contributed by atoms with E-state index in [1.54, 1.807) is 19.2 Å². The summed E-state index contributed by atoms with van der Waals surface area (Å²) in [4.78, 5) is 48.8. The highest BCUT2D eigenvalue weighted by molar-refractivity contribution is 5.81. The van der Waals surface area contributed by atoms with Crippen molar-refractivity contribution in [1.82, 2.24) is 19.5 Å². The Morgan fingerprint density at radius 2 is 1.68 bits per heavy atom. The number of nitrogens with two attached hydrogens (primary N) is 1. The molecule has 0 atom stereocenters. The molecule has 0 saturated carbocycles. The lowest BCUT2D eigenvalue weighted by atomic mass is 10.2. The zero-order valence-corrected chi connectivity index (χ0v) is 18.9. The fraction of sp³-hybridized carbons (Fsp3) is 0.217. The van der Waals surface area contributed by atoms with E-state index in [1.165, 1.54) is 23.7 Å². The Bertz CT molecular complexity index is 1520. The van der Waals surface area contributed by atoms with Crippen LogP contribution in [0.25, 0.3) is 10.9 Å². The zero-order chi connectivity index (χ0) is 24.4. The van der Waals surface area contributed by atoms with Crippen LogP contribution in [-0.4, -0.2) is 40.8 Å². The van der Waals surface area contributed by atoms with Gasteiger partial charge in [0.2, 0.25) is 0 Å². The second-order valence-corrected chi connectivity index (χ2v) is 7.66. The average molecular weight is 464 g/mol. The van der Waals surface area contributed by atoms with Crippen LogP contribution in [0, 0.1) is 0 Å². The number of benzene rings is 2. The Morgan fingerprint density at radius 3 is 2.35 bits per heavy atom. The monoisotopic (exact) mass is 464 g/mol. The molecule has 11 nitrogen and oxygen atoms in total. The second kappa shape index (κ2) is 9.14. The quantitative estimate of drug-likeness (QED) is 0.368. The van der Waals surface area contributed by atoms with Crippen molar-refractivity contribution in [2.75, 3.05) is 31.9 Å². The van der Waals surface area contributed by atoms with E-state index in [4.69, 9.17) is 15.2 Å².